The molecule has 3 rings (SSSR count). The van der Waals surface area contributed by atoms with Crippen LogP contribution in [0.5, 0.6) is 17.2 Å². The van der Waals surface area contributed by atoms with Crippen molar-refractivity contribution in [2.45, 2.75) is 25.4 Å². The second kappa shape index (κ2) is 9.20. The lowest BCUT2D eigenvalue weighted by molar-refractivity contribution is -0.122. The minimum atomic E-state index is -0.434. The van der Waals surface area contributed by atoms with Crippen LogP contribution in [0.2, 0.25) is 0 Å². The zero-order valence-electron chi connectivity index (χ0n) is 15.8. The van der Waals surface area contributed by atoms with Crippen molar-refractivity contribution in [3.05, 3.63) is 53.6 Å². The Balaban J connectivity index is 1.57. The number of hydrazone groups is 1. The summed E-state index contributed by atoms with van der Waals surface area (Å²) >= 11 is 0. The van der Waals surface area contributed by atoms with Crippen molar-refractivity contribution in [1.29, 1.82) is 0 Å². The van der Waals surface area contributed by atoms with Crippen LogP contribution < -0.4 is 25.8 Å². The first-order chi connectivity index (χ1) is 13.6. The predicted octanol–water partition coefficient (Wildman–Crippen LogP) is 1.86. The summed E-state index contributed by atoms with van der Waals surface area (Å²) in [5.41, 5.74) is 10.1. The highest BCUT2D eigenvalue weighted by atomic mass is 16.5. The first-order valence-electron chi connectivity index (χ1n) is 9.05. The number of carbonyl (C=O) groups excluding carboxylic acids is 1. The Kier molecular flexibility index (Phi) is 6.46. The second-order valence-corrected chi connectivity index (χ2v) is 6.27. The van der Waals surface area contributed by atoms with E-state index in [9.17, 15) is 9.90 Å². The van der Waals surface area contributed by atoms with E-state index in [1.807, 2.05) is 31.2 Å². The molecule has 0 spiro atoms. The number of rotatable bonds is 7. The summed E-state index contributed by atoms with van der Waals surface area (Å²) in [6.45, 7) is 2.54. The Morgan fingerprint density at radius 3 is 2.93 bits per heavy atom. The molecule has 1 saturated heterocycles. The van der Waals surface area contributed by atoms with Gasteiger partial charge in [-0.2, -0.15) is 5.10 Å². The number of phenolic OH excluding ortho intramolecular Hbond substituents is 1. The van der Waals surface area contributed by atoms with Crippen molar-refractivity contribution < 1.29 is 19.4 Å². The maximum absolute atomic E-state index is 12.4. The van der Waals surface area contributed by atoms with Crippen molar-refractivity contribution in [3.8, 4) is 17.2 Å². The smallest absolute Gasteiger partial charge is 0.258 e. The van der Waals surface area contributed by atoms with Crippen LogP contribution in [0, 0.1) is 0 Å². The highest BCUT2D eigenvalue weighted by Gasteiger charge is 2.30. The number of hydrogen-bond donors (Lipinski definition) is 4. The normalized spacial score (nSPS) is 18.9. The zero-order valence-corrected chi connectivity index (χ0v) is 15.8. The quantitative estimate of drug-likeness (QED) is 0.429. The highest BCUT2D eigenvalue weighted by Crippen LogP contribution is 2.28. The van der Waals surface area contributed by atoms with Crippen LogP contribution in [0.25, 0.3) is 0 Å². The molecular weight excluding hydrogens is 360 g/mol. The van der Waals surface area contributed by atoms with Crippen molar-refractivity contribution >= 4 is 12.1 Å². The summed E-state index contributed by atoms with van der Waals surface area (Å²) in [5, 5.41) is 14.0. The first kappa shape index (κ1) is 19.7. The van der Waals surface area contributed by atoms with E-state index in [4.69, 9.17) is 9.47 Å². The van der Waals surface area contributed by atoms with Gasteiger partial charge in [0.25, 0.3) is 5.91 Å². The molecule has 2 atom stereocenters. The number of nitrogens with one attached hydrogen (secondary N) is 3. The maximum Gasteiger partial charge on any atom is 0.258 e. The molecule has 4 N–H and O–H groups in total. The van der Waals surface area contributed by atoms with Crippen molar-refractivity contribution in [2.24, 2.45) is 5.10 Å². The van der Waals surface area contributed by atoms with Crippen LogP contribution in [0.15, 0.2) is 47.6 Å². The number of para-hydroxylation sites is 1. The fourth-order valence-electron chi connectivity index (χ4n) is 2.99. The lowest BCUT2D eigenvalue weighted by atomic mass is 10.0. The van der Waals surface area contributed by atoms with Gasteiger partial charge in [0.1, 0.15) is 11.8 Å². The number of aromatic hydroxyl groups is 1. The van der Waals surface area contributed by atoms with Crippen LogP contribution in [0.4, 0.5) is 0 Å². The van der Waals surface area contributed by atoms with Crippen LogP contribution in [-0.4, -0.2) is 37.0 Å². The van der Waals surface area contributed by atoms with Gasteiger partial charge >= 0.3 is 0 Å². The molecule has 8 heteroatoms. The third-order valence-electron chi connectivity index (χ3n) is 4.42. The number of hydrogen-bond acceptors (Lipinski definition) is 7. The van der Waals surface area contributed by atoms with Gasteiger partial charge in [0.15, 0.2) is 11.5 Å². The summed E-state index contributed by atoms with van der Waals surface area (Å²) in [5.74, 6) is 0.846. The van der Waals surface area contributed by atoms with E-state index in [-0.39, 0.29) is 17.7 Å². The van der Waals surface area contributed by atoms with Gasteiger partial charge in [0.2, 0.25) is 0 Å². The van der Waals surface area contributed by atoms with Gasteiger partial charge in [-0.1, -0.05) is 18.2 Å². The fraction of sp³-hybridized carbons (Fsp3) is 0.300. The maximum atomic E-state index is 12.4. The van der Waals surface area contributed by atoms with E-state index < -0.39 is 6.04 Å². The van der Waals surface area contributed by atoms with E-state index in [0.717, 1.165) is 11.3 Å². The average Bonchev–Trinajstić information content (AvgIpc) is 3.20. The van der Waals surface area contributed by atoms with Gasteiger partial charge < -0.3 is 14.6 Å². The summed E-state index contributed by atoms with van der Waals surface area (Å²) in [4.78, 5) is 12.4. The number of amides is 1. The van der Waals surface area contributed by atoms with Gasteiger partial charge in [0.05, 0.1) is 19.9 Å². The lowest BCUT2D eigenvalue weighted by Crippen LogP contribution is -2.41. The predicted molar refractivity (Wildman–Crippen MR) is 105 cm³/mol. The zero-order chi connectivity index (χ0) is 19.9. The monoisotopic (exact) mass is 384 g/mol. The van der Waals surface area contributed by atoms with E-state index in [1.165, 1.54) is 13.3 Å². The first-order valence-corrected chi connectivity index (χ1v) is 9.05. The number of carbonyl (C=O) groups is 1. The third-order valence-corrected chi connectivity index (χ3v) is 4.42. The van der Waals surface area contributed by atoms with Crippen molar-refractivity contribution in [2.75, 3.05) is 13.7 Å². The Morgan fingerprint density at radius 2 is 2.14 bits per heavy atom. The van der Waals surface area contributed by atoms with Crippen LogP contribution >= 0.6 is 0 Å². The van der Waals surface area contributed by atoms with Gasteiger partial charge in [-0.3, -0.25) is 4.79 Å². The Hall–Kier alpha value is -3.10. The Bertz CT molecular complexity index is 856. The lowest BCUT2D eigenvalue weighted by Gasteiger charge is -2.11. The molecule has 8 nitrogen and oxygen atoms in total. The van der Waals surface area contributed by atoms with Gasteiger partial charge in [0, 0.05) is 11.6 Å². The number of phenols is 1. The molecule has 2 aromatic rings. The SMILES string of the molecule is CCOc1cccc(C2CC(C(=O)N/N=C/c3cccc(OC)c3O)NN2)c1. The fourth-order valence-corrected chi connectivity index (χ4v) is 2.99. The number of nitrogens with zero attached hydrogens (tertiary/aromatic N) is 1. The molecule has 1 fully saturated rings. The molecule has 1 amide bonds. The van der Waals surface area contributed by atoms with E-state index in [2.05, 4.69) is 21.4 Å². The Labute approximate surface area is 163 Å². The minimum Gasteiger partial charge on any atom is -0.504 e. The second-order valence-electron chi connectivity index (χ2n) is 6.27. The van der Waals surface area contributed by atoms with E-state index >= 15 is 0 Å². The van der Waals surface area contributed by atoms with Gasteiger partial charge in [-0.25, -0.2) is 16.3 Å². The van der Waals surface area contributed by atoms with Crippen LogP contribution in [0.3, 0.4) is 0 Å². The molecule has 28 heavy (non-hydrogen) atoms. The number of hydrazine groups is 1. The summed E-state index contributed by atoms with van der Waals surface area (Å²) in [6.07, 6.45) is 1.95. The standard InChI is InChI=1S/C20H24N4O4/c1-3-28-15-8-4-6-13(10-15)16-11-17(23-22-16)20(26)24-21-12-14-7-5-9-18(27-2)19(14)25/h4-10,12,16-17,22-23,25H,3,11H2,1-2H3,(H,24,26)/b21-12+. The molecule has 1 aliphatic rings. The molecule has 0 aromatic heterocycles. The molecule has 148 valence electrons. The van der Waals surface area contributed by atoms with Crippen LogP contribution in [0.1, 0.15) is 30.5 Å². The van der Waals surface area contributed by atoms with E-state index in [0.29, 0.717) is 24.3 Å². The number of methoxy groups -OCH3 is 1. The summed E-state index contributed by atoms with van der Waals surface area (Å²) in [6, 6.07) is 12.4. The highest BCUT2D eigenvalue weighted by molar-refractivity contribution is 5.87. The topological polar surface area (TPSA) is 104 Å². The molecule has 0 aliphatic carbocycles. The number of benzene rings is 2. The molecule has 0 radical (unpaired) electrons. The van der Waals surface area contributed by atoms with Gasteiger partial charge in [-0.05, 0) is 43.2 Å². The average molecular weight is 384 g/mol. The molecule has 1 aliphatic heterocycles. The van der Waals surface area contributed by atoms with Crippen molar-refractivity contribution in [1.82, 2.24) is 16.3 Å². The molecule has 0 saturated carbocycles. The molecule has 2 aromatic carbocycles. The molecule has 1 heterocycles. The van der Waals surface area contributed by atoms with E-state index in [1.54, 1.807) is 18.2 Å². The molecule has 2 unspecified atom stereocenters. The van der Waals surface area contributed by atoms with Gasteiger partial charge in [-0.15, -0.1) is 0 Å². The van der Waals surface area contributed by atoms with Crippen molar-refractivity contribution in [3.63, 3.8) is 0 Å². The minimum absolute atomic E-state index is 0.0115. The summed E-state index contributed by atoms with van der Waals surface area (Å²) in [7, 11) is 1.47. The Morgan fingerprint density at radius 1 is 1.32 bits per heavy atom. The van der Waals surface area contributed by atoms with Crippen LogP contribution in [-0.2, 0) is 4.79 Å². The summed E-state index contributed by atoms with van der Waals surface area (Å²) < 4.78 is 10.6. The third kappa shape index (κ3) is 4.59. The molecular formula is C20H24N4O4. The largest absolute Gasteiger partial charge is 0.504 e. The number of ether oxygens (including phenoxy) is 2. The molecule has 0 bridgehead atoms.